The highest BCUT2D eigenvalue weighted by atomic mass is 16.4. The van der Waals surface area contributed by atoms with Crippen molar-refractivity contribution < 1.29 is 9.90 Å². The molecule has 102 valence electrons. The van der Waals surface area contributed by atoms with E-state index in [4.69, 9.17) is 5.11 Å². The van der Waals surface area contributed by atoms with Crippen LogP contribution in [0.2, 0.25) is 0 Å². The second kappa shape index (κ2) is 4.09. The Labute approximate surface area is 111 Å². The maximum atomic E-state index is 12.3. The van der Waals surface area contributed by atoms with Gasteiger partial charge in [0.1, 0.15) is 5.56 Å². The molecular weight excluding hydrogens is 262 g/mol. The van der Waals surface area contributed by atoms with Crippen LogP contribution in [0.4, 0.5) is 0 Å². The molecule has 7 heteroatoms. The van der Waals surface area contributed by atoms with Crippen molar-refractivity contribution in [1.82, 2.24) is 13.6 Å². The van der Waals surface area contributed by atoms with E-state index in [2.05, 4.69) is 0 Å². The van der Waals surface area contributed by atoms with Crippen LogP contribution in [0.5, 0.6) is 0 Å². The summed E-state index contributed by atoms with van der Waals surface area (Å²) in [5.74, 6) is -1.35. The van der Waals surface area contributed by atoms with Crippen LogP contribution >= 0.6 is 0 Å². The molecule has 0 aliphatic carbocycles. The van der Waals surface area contributed by atoms with Crippen molar-refractivity contribution in [3.63, 3.8) is 0 Å². The van der Waals surface area contributed by atoms with Gasteiger partial charge in [-0.15, -0.1) is 0 Å². The number of hydrogen-bond donors (Lipinski definition) is 1. The van der Waals surface area contributed by atoms with E-state index in [0.717, 1.165) is 15.2 Å². The molecule has 2 heterocycles. The van der Waals surface area contributed by atoms with Gasteiger partial charge in [-0.2, -0.15) is 0 Å². The Kier molecular flexibility index (Phi) is 2.50. The molecule has 3 aromatic rings. The van der Waals surface area contributed by atoms with Gasteiger partial charge in [-0.1, -0.05) is 12.1 Å². The number of carboxylic acids is 1. The number of benzene rings is 1. The number of hydrogen-bond acceptors (Lipinski definition) is 3. The Bertz CT molecular complexity index is 961. The van der Waals surface area contributed by atoms with Crippen molar-refractivity contribution in [2.24, 2.45) is 0 Å². The Balaban J connectivity index is 2.69. The molecular formula is C13H11N3O4. The Morgan fingerprint density at radius 2 is 1.85 bits per heavy atom. The average molecular weight is 273 g/mol. The zero-order valence-electron chi connectivity index (χ0n) is 10.6. The lowest BCUT2D eigenvalue weighted by molar-refractivity contribution is 0.0695. The molecule has 0 aliphatic rings. The predicted molar refractivity (Wildman–Crippen MR) is 71.5 cm³/mol. The number of aryl methyl sites for hydroxylation is 1. The van der Waals surface area contributed by atoms with Gasteiger partial charge >= 0.3 is 11.7 Å². The summed E-state index contributed by atoms with van der Waals surface area (Å²) in [6.07, 6.45) is 1.06. The maximum absolute atomic E-state index is 12.3. The fourth-order valence-electron chi connectivity index (χ4n) is 2.36. The molecule has 0 fully saturated rings. The van der Waals surface area contributed by atoms with Crippen LogP contribution in [0.3, 0.4) is 0 Å². The van der Waals surface area contributed by atoms with Crippen LogP contribution in [-0.4, -0.2) is 24.7 Å². The van der Waals surface area contributed by atoms with Crippen molar-refractivity contribution in [2.75, 3.05) is 0 Å². The molecule has 0 saturated carbocycles. The van der Waals surface area contributed by atoms with Crippen molar-refractivity contribution >= 4 is 17.0 Å². The summed E-state index contributed by atoms with van der Waals surface area (Å²) >= 11 is 0. The van der Waals surface area contributed by atoms with E-state index in [1.807, 2.05) is 6.92 Å². The zero-order valence-corrected chi connectivity index (χ0v) is 10.6. The van der Waals surface area contributed by atoms with Crippen LogP contribution < -0.4 is 11.2 Å². The molecule has 3 rings (SSSR count). The molecule has 0 saturated heterocycles. The van der Waals surface area contributed by atoms with Gasteiger partial charge < -0.3 is 5.11 Å². The third-order valence-corrected chi connectivity index (χ3v) is 3.26. The number of carboxylic acid groups (broad SMARTS) is 1. The van der Waals surface area contributed by atoms with E-state index < -0.39 is 22.8 Å². The quantitative estimate of drug-likeness (QED) is 0.733. The Morgan fingerprint density at radius 3 is 2.45 bits per heavy atom. The predicted octanol–water partition coefficient (Wildman–Crippen LogP) is 0.432. The van der Waals surface area contributed by atoms with Gasteiger partial charge in [-0.05, 0) is 19.1 Å². The minimum absolute atomic E-state index is 0.421. The molecule has 2 aromatic heterocycles. The van der Waals surface area contributed by atoms with E-state index in [-0.39, 0.29) is 0 Å². The number of carbonyl (C=O) groups is 1. The first-order valence-electron chi connectivity index (χ1n) is 6.05. The van der Waals surface area contributed by atoms with E-state index in [9.17, 15) is 14.4 Å². The fourth-order valence-corrected chi connectivity index (χ4v) is 2.36. The Hall–Kier alpha value is -2.83. The summed E-state index contributed by atoms with van der Waals surface area (Å²) in [6, 6.07) is 6.89. The van der Waals surface area contributed by atoms with Crippen LogP contribution in [0.1, 0.15) is 17.3 Å². The summed E-state index contributed by atoms with van der Waals surface area (Å²) in [5, 5.41) is 9.02. The third-order valence-electron chi connectivity index (χ3n) is 3.26. The number of nitrogens with zero attached hydrogens (tertiary/aromatic N) is 3. The highest BCUT2D eigenvalue weighted by molar-refractivity contribution is 5.87. The highest BCUT2D eigenvalue weighted by Crippen LogP contribution is 2.10. The second-order valence-electron chi connectivity index (χ2n) is 4.33. The van der Waals surface area contributed by atoms with Gasteiger partial charge in [-0.3, -0.25) is 9.36 Å². The highest BCUT2D eigenvalue weighted by Gasteiger charge is 2.18. The monoisotopic (exact) mass is 273 g/mol. The normalized spacial score (nSPS) is 11.2. The van der Waals surface area contributed by atoms with E-state index >= 15 is 0 Å². The third kappa shape index (κ3) is 1.43. The van der Waals surface area contributed by atoms with Crippen LogP contribution in [0.15, 0.2) is 40.1 Å². The summed E-state index contributed by atoms with van der Waals surface area (Å²) in [6.45, 7) is 2.23. The van der Waals surface area contributed by atoms with E-state index in [0.29, 0.717) is 17.6 Å². The van der Waals surface area contributed by atoms with Gasteiger partial charge in [0.2, 0.25) is 0 Å². The minimum Gasteiger partial charge on any atom is -0.477 e. The smallest absolute Gasteiger partial charge is 0.348 e. The maximum Gasteiger partial charge on any atom is 0.348 e. The van der Waals surface area contributed by atoms with Crippen molar-refractivity contribution in [1.29, 1.82) is 0 Å². The standard InChI is InChI=1S/C13H11N3O4/c1-2-14-9-5-3-4-6-10(9)16-11(17)8(12(18)19)7-15(16)13(14)20/h3-7H,2H2,1H3,(H,18,19). The molecule has 0 unspecified atom stereocenters. The number of aromatic nitrogens is 3. The van der Waals surface area contributed by atoms with Crippen LogP contribution in [0.25, 0.3) is 11.0 Å². The minimum atomic E-state index is -1.35. The van der Waals surface area contributed by atoms with E-state index in [1.165, 1.54) is 4.57 Å². The number of aromatic carboxylic acids is 1. The summed E-state index contributed by atoms with van der Waals surface area (Å²) in [5.41, 5.74) is -0.507. The second-order valence-corrected chi connectivity index (χ2v) is 4.33. The molecule has 0 radical (unpaired) electrons. The molecule has 0 bridgehead atoms. The molecule has 0 amide bonds. The molecule has 0 aliphatic heterocycles. The largest absolute Gasteiger partial charge is 0.477 e. The molecule has 0 spiro atoms. The first kappa shape index (κ1) is 12.2. The molecule has 1 aromatic carbocycles. The first-order chi connectivity index (χ1) is 9.56. The lowest BCUT2D eigenvalue weighted by Crippen LogP contribution is -2.32. The molecule has 20 heavy (non-hydrogen) atoms. The van der Waals surface area contributed by atoms with E-state index in [1.54, 1.807) is 24.3 Å². The summed E-state index contributed by atoms with van der Waals surface area (Å²) in [7, 11) is 0. The van der Waals surface area contributed by atoms with Gasteiger partial charge in [-0.25, -0.2) is 18.6 Å². The zero-order chi connectivity index (χ0) is 14.4. The number of para-hydroxylation sites is 2. The number of fused-ring (bicyclic) bond motifs is 3. The topological polar surface area (TPSA) is 85.2 Å². The van der Waals surface area contributed by atoms with Crippen molar-refractivity contribution in [3.8, 4) is 0 Å². The molecule has 0 atom stereocenters. The van der Waals surface area contributed by atoms with Gasteiger partial charge in [0.25, 0.3) is 5.56 Å². The Morgan fingerprint density at radius 1 is 1.20 bits per heavy atom. The first-order valence-corrected chi connectivity index (χ1v) is 6.05. The molecule has 1 N–H and O–H groups in total. The van der Waals surface area contributed by atoms with Gasteiger partial charge in [0.15, 0.2) is 0 Å². The lowest BCUT2D eigenvalue weighted by atomic mass is 10.3. The summed E-state index contributed by atoms with van der Waals surface area (Å²) < 4.78 is 3.62. The SMILES string of the molecule is CCn1c(=O)n2cc(C(=O)O)c(=O)n2c2ccccc21. The number of rotatable bonds is 2. The van der Waals surface area contributed by atoms with Crippen molar-refractivity contribution in [3.05, 3.63) is 56.9 Å². The summed E-state index contributed by atoms with van der Waals surface area (Å²) in [4.78, 5) is 35.5. The molecule has 7 nitrogen and oxygen atoms in total. The van der Waals surface area contributed by atoms with Gasteiger partial charge in [0.05, 0.1) is 17.2 Å². The average Bonchev–Trinajstić information content (AvgIpc) is 2.78. The van der Waals surface area contributed by atoms with Crippen molar-refractivity contribution in [2.45, 2.75) is 13.5 Å². The lowest BCUT2D eigenvalue weighted by Gasteiger charge is -2.10. The van der Waals surface area contributed by atoms with Gasteiger partial charge in [0, 0.05) is 6.54 Å². The van der Waals surface area contributed by atoms with Crippen LogP contribution in [0, 0.1) is 0 Å². The fraction of sp³-hybridized carbons (Fsp3) is 0.154. The van der Waals surface area contributed by atoms with Crippen LogP contribution in [-0.2, 0) is 6.54 Å².